The number of hydrogen-bond acceptors (Lipinski definition) is 20. The molecule has 8 aliphatic rings. The minimum Gasteiger partial charge on any atom is -0.498 e. The van der Waals surface area contributed by atoms with Gasteiger partial charge in [0.25, 0.3) is 0 Å². The SMILES string of the molecule is C.C.C.C.CC1=CC(O)C(C)CO1.CC1CC(O)C(O)CO1.CCC1CC(C)C(C)C(O)O1.CCC1CC(O)C(C)C(OC2COCC(C)C2C)O1.CCC1CC(O)C(C)C(OC2COCC(O)C2C)O1.CCC1CC(O)C(NC(C)=O)C(OC)O1.O.O.O.O. The van der Waals surface area contributed by atoms with Crippen LogP contribution in [0.25, 0.3) is 0 Å². The molecular formula is C65H139NO24. The molecule has 25 nitrogen and oxygen atoms in total. The molecule has 0 radical (unpaired) electrons. The quantitative estimate of drug-likeness (QED) is 0.144. The third-order valence-electron chi connectivity index (χ3n) is 17.7. The van der Waals surface area contributed by atoms with Gasteiger partial charge in [-0.15, -0.1) is 0 Å². The molecule has 0 aromatic carbocycles. The van der Waals surface area contributed by atoms with Crippen molar-refractivity contribution in [1.29, 1.82) is 0 Å². The van der Waals surface area contributed by atoms with E-state index in [0.717, 1.165) is 44.5 Å². The Morgan fingerprint density at radius 1 is 0.489 bits per heavy atom. The van der Waals surface area contributed by atoms with Gasteiger partial charge in [-0.25, -0.2) is 0 Å². The molecule has 27 atom stereocenters. The molecular weight excluding hydrogens is 1180 g/mol. The fourth-order valence-electron chi connectivity index (χ4n) is 10.6. The van der Waals surface area contributed by atoms with E-state index in [4.69, 9.17) is 62.3 Å². The summed E-state index contributed by atoms with van der Waals surface area (Å²) in [7, 11) is 1.50. The molecule has 7 fully saturated rings. The number of ether oxygens (including phenoxy) is 11. The van der Waals surface area contributed by atoms with Crippen LogP contribution in [0.1, 0.15) is 191 Å². The number of carbonyl (C=O) groups excluding carboxylic acids is 1. The number of aliphatic hydroxyl groups excluding tert-OH is 8. The Bertz CT molecular complexity index is 1700. The predicted octanol–water partition coefficient (Wildman–Crippen LogP) is 4.60. The van der Waals surface area contributed by atoms with Gasteiger partial charge in [-0.3, -0.25) is 4.79 Å². The molecule has 90 heavy (non-hydrogen) atoms. The Morgan fingerprint density at radius 2 is 0.933 bits per heavy atom. The minimum absolute atomic E-state index is 0. The van der Waals surface area contributed by atoms with Gasteiger partial charge in [0, 0.05) is 75.9 Å². The van der Waals surface area contributed by atoms with Gasteiger partial charge in [-0.2, -0.15) is 0 Å². The Kier molecular flexibility index (Phi) is 55.7. The number of rotatable bonds is 10. The van der Waals surface area contributed by atoms with E-state index in [1.165, 1.54) is 14.0 Å². The molecule has 8 heterocycles. The van der Waals surface area contributed by atoms with E-state index >= 15 is 0 Å². The summed E-state index contributed by atoms with van der Waals surface area (Å²) in [6.07, 6.45) is 4.04. The average molecular weight is 1320 g/mol. The number of nitrogens with one attached hydrogen (secondary N) is 1. The van der Waals surface area contributed by atoms with E-state index in [-0.39, 0.29) is 155 Å². The van der Waals surface area contributed by atoms with Crippen molar-refractivity contribution in [2.45, 2.75) is 308 Å². The van der Waals surface area contributed by atoms with Crippen LogP contribution in [0.3, 0.4) is 0 Å². The summed E-state index contributed by atoms with van der Waals surface area (Å²) in [4.78, 5) is 10.9. The summed E-state index contributed by atoms with van der Waals surface area (Å²) in [5, 5.41) is 79.0. The summed E-state index contributed by atoms with van der Waals surface area (Å²) < 4.78 is 61.1. The molecule has 548 valence electrons. The second-order valence-electron chi connectivity index (χ2n) is 24.6. The van der Waals surface area contributed by atoms with Crippen LogP contribution in [0, 0.1) is 47.3 Å². The molecule has 0 spiro atoms. The summed E-state index contributed by atoms with van der Waals surface area (Å²) in [5.74, 6) is 2.70. The van der Waals surface area contributed by atoms with Crippen LogP contribution < -0.4 is 5.32 Å². The zero-order chi connectivity index (χ0) is 61.5. The Morgan fingerprint density at radius 3 is 1.34 bits per heavy atom. The van der Waals surface area contributed by atoms with Gasteiger partial charge in [-0.05, 0) is 69.8 Å². The van der Waals surface area contributed by atoms with E-state index in [2.05, 4.69) is 39.9 Å². The molecule has 8 rings (SSSR count). The van der Waals surface area contributed by atoms with Crippen molar-refractivity contribution in [1.82, 2.24) is 5.32 Å². The maximum absolute atomic E-state index is 10.9. The average Bonchev–Trinajstić information content (AvgIpc) is 1.32. The van der Waals surface area contributed by atoms with Gasteiger partial charge < -0.3 is 120 Å². The number of methoxy groups -OCH3 is 1. The highest BCUT2D eigenvalue weighted by molar-refractivity contribution is 5.73. The van der Waals surface area contributed by atoms with E-state index in [9.17, 15) is 35.4 Å². The fourth-order valence-corrected chi connectivity index (χ4v) is 10.6. The molecule has 0 aromatic heterocycles. The normalized spacial score (nSPS) is 40.0. The first-order chi connectivity index (χ1) is 38.7. The lowest BCUT2D eigenvalue weighted by atomic mass is 9.87. The number of aliphatic hydroxyl groups is 8. The van der Waals surface area contributed by atoms with Gasteiger partial charge in [0.1, 0.15) is 12.1 Å². The lowest BCUT2D eigenvalue weighted by molar-refractivity contribution is -0.281. The second kappa shape index (κ2) is 50.5. The summed E-state index contributed by atoms with van der Waals surface area (Å²) in [5.41, 5.74) is 0. The maximum atomic E-state index is 10.9. The molecule has 0 saturated carbocycles. The third kappa shape index (κ3) is 32.7. The van der Waals surface area contributed by atoms with Crippen molar-refractivity contribution >= 4 is 5.91 Å². The number of hydrogen-bond donors (Lipinski definition) is 9. The smallest absolute Gasteiger partial charge is 0.217 e. The van der Waals surface area contributed by atoms with E-state index in [1.807, 2.05) is 62.3 Å². The monoisotopic (exact) mass is 1320 g/mol. The first kappa shape index (κ1) is 99.2. The standard InChI is InChI=1S/C15H28O4.C14H26O5.C10H19NO4.C9H18O2.C7H12O2.C6H12O3.4CH4.4H2O/c1-5-12-6-13(16)11(4)15(18-12)19-14-8-17-7-9(2)10(14)3;1-4-10-5-11(15)9(3)14(18-10)19-13-7-17-6-12(16)8(13)2;1-4-7-5-8(13)9(11-6(2)12)10(14-3)15-7;1-4-8-5-6(2)7(3)9(10)11-8;1-5-4-9-6(2)3-7(5)8;1-4-2-5(7)6(8)3-9-4;;;;;;;;/h9-16H,5-8H2,1-4H3;8-16H,4-7H2,1-3H3;7-10,13H,4-5H2,1-3H3,(H,11,12);6-10H,4-5H2,1-3H3;3,5,7-8H,4H2,1-2H3;4-8H,2-3H2,1H3;4*1H4;4*1H2. The van der Waals surface area contributed by atoms with Crippen LogP contribution >= 0.6 is 0 Å². The first-order valence-electron chi connectivity index (χ1n) is 30.9. The van der Waals surface area contributed by atoms with E-state index < -0.39 is 55.4 Å². The predicted molar refractivity (Wildman–Crippen MR) is 349 cm³/mol. The highest BCUT2D eigenvalue weighted by Gasteiger charge is 2.42. The van der Waals surface area contributed by atoms with E-state index in [0.29, 0.717) is 69.9 Å². The summed E-state index contributed by atoms with van der Waals surface area (Å²) in [6.45, 7) is 33.0. The third-order valence-corrected chi connectivity index (χ3v) is 17.7. The van der Waals surface area contributed by atoms with Crippen molar-refractivity contribution in [2.24, 2.45) is 47.3 Å². The topological polar surface area (TPSA) is 418 Å². The number of allylic oxidation sites excluding steroid dienone is 1. The summed E-state index contributed by atoms with van der Waals surface area (Å²) >= 11 is 0. The molecule has 27 unspecified atom stereocenters. The van der Waals surface area contributed by atoms with Crippen LogP contribution in [-0.2, 0) is 56.9 Å². The summed E-state index contributed by atoms with van der Waals surface area (Å²) in [6, 6.07) is -0.477. The Balaban J connectivity index is -0.000000236. The van der Waals surface area contributed by atoms with Crippen molar-refractivity contribution in [3.05, 3.63) is 11.8 Å². The molecule has 1 amide bonds. The van der Waals surface area contributed by atoms with Crippen molar-refractivity contribution in [3.8, 4) is 0 Å². The lowest BCUT2D eigenvalue weighted by Gasteiger charge is -2.42. The second-order valence-corrected chi connectivity index (χ2v) is 24.6. The number of carbonyl (C=O) groups is 1. The highest BCUT2D eigenvalue weighted by atomic mass is 16.7. The lowest BCUT2D eigenvalue weighted by Crippen LogP contribution is -2.57. The van der Waals surface area contributed by atoms with Gasteiger partial charge in [0.2, 0.25) is 5.91 Å². The molecule has 0 bridgehead atoms. The Labute approximate surface area is 543 Å². The molecule has 8 aliphatic heterocycles. The molecule has 17 N–H and O–H groups in total. The van der Waals surface area contributed by atoms with Crippen LogP contribution in [0.5, 0.6) is 0 Å². The van der Waals surface area contributed by atoms with E-state index in [1.54, 1.807) is 6.08 Å². The van der Waals surface area contributed by atoms with Crippen LogP contribution in [-0.4, -0.2) is 232 Å². The van der Waals surface area contributed by atoms with Crippen LogP contribution in [0.15, 0.2) is 11.8 Å². The molecule has 25 heteroatoms. The van der Waals surface area contributed by atoms with Gasteiger partial charge in [-0.1, -0.05) is 113 Å². The molecule has 0 aliphatic carbocycles. The van der Waals surface area contributed by atoms with Gasteiger partial charge in [0.05, 0.1) is 118 Å². The van der Waals surface area contributed by atoms with Crippen LogP contribution in [0.2, 0.25) is 0 Å². The highest BCUT2D eigenvalue weighted by Crippen LogP contribution is 2.34. The minimum atomic E-state index is -0.679. The van der Waals surface area contributed by atoms with Gasteiger partial charge in [0.15, 0.2) is 25.2 Å². The largest absolute Gasteiger partial charge is 0.498 e. The molecule has 7 saturated heterocycles. The first-order valence-corrected chi connectivity index (χ1v) is 30.9. The molecule has 0 aromatic rings. The zero-order valence-electron chi connectivity index (χ0n) is 54.7. The maximum Gasteiger partial charge on any atom is 0.217 e. The fraction of sp³-hybridized carbons (Fsp3) is 0.954. The van der Waals surface area contributed by atoms with Crippen LogP contribution in [0.4, 0.5) is 0 Å². The Hall–Kier alpha value is -1.87. The number of amides is 1. The zero-order valence-corrected chi connectivity index (χ0v) is 54.7. The van der Waals surface area contributed by atoms with Crippen molar-refractivity contribution < 1.29 is 120 Å². The van der Waals surface area contributed by atoms with Crippen molar-refractivity contribution in [3.63, 3.8) is 0 Å². The van der Waals surface area contributed by atoms with Gasteiger partial charge >= 0.3 is 0 Å². The van der Waals surface area contributed by atoms with Crippen molar-refractivity contribution in [2.75, 3.05) is 46.8 Å².